The van der Waals surface area contributed by atoms with Crippen molar-refractivity contribution in [1.82, 2.24) is 0 Å². The summed E-state index contributed by atoms with van der Waals surface area (Å²) in [5.74, 6) is -0.313. The van der Waals surface area contributed by atoms with Crippen LogP contribution in [0.3, 0.4) is 0 Å². The number of nitrogens with zero attached hydrogens (tertiary/aromatic N) is 3. The van der Waals surface area contributed by atoms with Gasteiger partial charge in [0.25, 0.3) is 0 Å². The van der Waals surface area contributed by atoms with E-state index in [0.717, 1.165) is 247 Å². The minimum Gasteiger partial charge on any atom is -0.456 e. The Hall–Kier alpha value is -17.3. The number of anilines is 6. The first-order valence-electron chi connectivity index (χ1n) is 49.7. The van der Waals surface area contributed by atoms with Crippen LogP contribution in [-0.4, -0.2) is 0 Å². The molecule has 1 aromatic heterocycles. The standard InChI is InChI=1S/C135H90N3O4P3/c1-87-117(86-128-135(123-82-95(70-79-127(123)142-128)92-62-60-91(61-63-92)90-58-56-89(57-59-90)88-32-8-2-9-33-88)132(87)99-69-78-125-121(84-99)113-49-27-30-54-130(113)144(140,104-40-16-6-17-41-104)136(125)100-36-12-4-13-37-100)98-67-74-109-118(83-98)107-45-21-20-44-106(107)108-76-73-102(85-119(108)109)138-126-77-68-97(80-120(126)112-48-26-31-55-131(112)145(138,141)105-42-18-7-19-43-105)96-66-75-116-122(81-96)134(93-34-10-3-11-35-93)115-51-23-22-50-114(115)133(116)94-64-71-101(72-65-94)137-124-52-28-24-46-110(124)111-47-25-29-53-129(111)143(137,139)103-38-14-5-15-39-103/h2-87,117H,1H3. The Morgan fingerprint density at radius 2 is 0.552 bits per heavy atom. The Bertz CT molecular complexity index is 9770. The number of benzene rings is 23. The first-order chi connectivity index (χ1) is 71.5. The third-order valence-corrected chi connectivity index (χ3v) is 39.9. The lowest BCUT2D eigenvalue weighted by atomic mass is 9.75. The third-order valence-electron chi connectivity index (χ3n) is 30.8. The molecule has 10 heteroatoms. The Morgan fingerprint density at radius 1 is 0.221 bits per heavy atom. The maximum atomic E-state index is 17.8. The predicted octanol–water partition coefficient (Wildman–Crippen LogP) is 32.8. The van der Waals surface area contributed by atoms with Gasteiger partial charge in [0.05, 0.1) is 17.1 Å². The van der Waals surface area contributed by atoms with E-state index in [0.29, 0.717) is 0 Å². The van der Waals surface area contributed by atoms with Crippen LogP contribution in [0.2, 0.25) is 0 Å². The zero-order valence-corrected chi connectivity index (χ0v) is 81.7. The number of fused-ring (bicyclic) bond motifs is 20. The maximum Gasteiger partial charge on any atom is 0.234 e. The van der Waals surface area contributed by atoms with Crippen molar-refractivity contribution in [2.24, 2.45) is 5.92 Å². The minimum absolute atomic E-state index is 0.125. The first kappa shape index (κ1) is 85.7. The Kier molecular flexibility index (Phi) is 20.1. The van der Waals surface area contributed by atoms with E-state index >= 15 is 13.7 Å². The number of rotatable bonds is 14. The van der Waals surface area contributed by atoms with Crippen molar-refractivity contribution in [1.29, 1.82) is 0 Å². The smallest absolute Gasteiger partial charge is 0.234 e. The summed E-state index contributed by atoms with van der Waals surface area (Å²) in [6.45, 7) is 2.39. The van der Waals surface area contributed by atoms with Crippen molar-refractivity contribution in [3.63, 3.8) is 0 Å². The molecule has 0 bridgehead atoms. The van der Waals surface area contributed by atoms with Gasteiger partial charge in [0.2, 0.25) is 21.9 Å². The van der Waals surface area contributed by atoms with Gasteiger partial charge in [-0.05, 0) is 312 Å². The van der Waals surface area contributed by atoms with Crippen LogP contribution in [0.25, 0.3) is 177 Å². The fraction of sp³-hybridized carbons (Fsp3) is 0.0222. The van der Waals surface area contributed by atoms with Crippen LogP contribution in [0.5, 0.6) is 0 Å². The highest BCUT2D eigenvalue weighted by atomic mass is 31.2. The second-order valence-corrected chi connectivity index (χ2v) is 46.2. The van der Waals surface area contributed by atoms with Crippen LogP contribution in [0.4, 0.5) is 34.1 Å². The summed E-state index contributed by atoms with van der Waals surface area (Å²) < 4.78 is 65.0. The molecule has 0 saturated heterocycles. The number of hydrogen-bond acceptors (Lipinski definition) is 4. The van der Waals surface area contributed by atoms with Crippen molar-refractivity contribution in [2.45, 2.75) is 12.8 Å². The summed E-state index contributed by atoms with van der Waals surface area (Å²) in [6, 6.07) is 180. The lowest BCUT2D eigenvalue weighted by Crippen LogP contribution is -2.34. The van der Waals surface area contributed by atoms with Crippen LogP contribution in [0.15, 0.2) is 514 Å². The maximum absolute atomic E-state index is 17.8. The van der Waals surface area contributed by atoms with Crippen LogP contribution < -0.4 is 56.5 Å². The lowest BCUT2D eigenvalue weighted by molar-refractivity contribution is 0.557. The molecule has 23 aromatic carbocycles. The molecule has 0 saturated carbocycles. The largest absolute Gasteiger partial charge is 0.456 e. The van der Waals surface area contributed by atoms with E-state index in [1.807, 2.05) is 146 Å². The molecular weight excluding hydrogens is 1820 g/mol. The van der Waals surface area contributed by atoms with E-state index in [-0.39, 0.29) is 11.8 Å². The molecule has 3 aliphatic heterocycles. The average Bonchev–Trinajstić information content (AvgIpc) is 1.42. The molecule has 0 N–H and O–H groups in total. The van der Waals surface area contributed by atoms with E-state index in [1.165, 1.54) is 11.1 Å². The molecule has 24 aromatic rings. The topological polar surface area (TPSA) is 74.1 Å². The van der Waals surface area contributed by atoms with Crippen LogP contribution in [0, 0.1) is 5.92 Å². The van der Waals surface area contributed by atoms with Gasteiger partial charge in [0.1, 0.15) is 11.0 Å². The van der Waals surface area contributed by atoms with Crippen molar-refractivity contribution < 1.29 is 18.1 Å². The molecule has 0 fully saturated rings. The van der Waals surface area contributed by atoms with Crippen molar-refractivity contribution in [2.75, 3.05) is 14.0 Å². The molecule has 145 heavy (non-hydrogen) atoms. The molecule has 684 valence electrons. The van der Waals surface area contributed by atoms with Gasteiger partial charge in [-0.15, -0.1) is 0 Å². The fourth-order valence-electron chi connectivity index (χ4n) is 24.1. The molecule has 5 atom stereocenters. The van der Waals surface area contributed by atoms with Gasteiger partial charge in [0.15, 0.2) is 0 Å². The Morgan fingerprint density at radius 3 is 1.12 bits per heavy atom. The first-order valence-corrected chi connectivity index (χ1v) is 54.6. The molecule has 0 spiro atoms. The molecule has 28 rings (SSSR count). The van der Waals surface area contributed by atoms with E-state index in [1.54, 1.807) is 0 Å². The monoisotopic (exact) mass is 1910 g/mol. The second-order valence-electron chi connectivity index (χ2n) is 38.6. The predicted molar refractivity (Wildman–Crippen MR) is 609 cm³/mol. The molecule has 0 amide bonds. The molecule has 5 unspecified atom stereocenters. The Balaban J connectivity index is 0.583. The van der Waals surface area contributed by atoms with Gasteiger partial charge in [0, 0.05) is 82.1 Å². The number of hydrogen-bond donors (Lipinski definition) is 0. The summed E-state index contributed by atoms with van der Waals surface area (Å²) >= 11 is 0. The summed E-state index contributed by atoms with van der Waals surface area (Å²) in [7, 11) is -10.9. The summed E-state index contributed by atoms with van der Waals surface area (Å²) in [4.78, 5) is 0. The third kappa shape index (κ3) is 13.5. The quantitative estimate of drug-likeness (QED) is 0.0610. The summed E-state index contributed by atoms with van der Waals surface area (Å²) in [6.07, 6.45) is 2.38. The van der Waals surface area contributed by atoms with Gasteiger partial charge in [-0.25, -0.2) is 0 Å². The number of para-hydroxylation sites is 2. The molecule has 0 radical (unpaired) electrons. The van der Waals surface area contributed by atoms with Gasteiger partial charge >= 0.3 is 0 Å². The fourth-order valence-corrected chi connectivity index (χ4v) is 33.2. The van der Waals surface area contributed by atoms with Gasteiger partial charge in [-0.2, -0.15) is 0 Å². The molecule has 7 nitrogen and oxygen atoms in total. The molecule has 4 heterocycles. The Labute approximate surface area is 840 Å². The van der Waals surface area contributed by atoms with E-state index in [4.69, 9.17) is 4.42 Å². The van der Waals surface area contributed by atoms with E-state index in [9.17, 15) is 0 Å². The molecule has 4 aliphatic rings. The van der Waals surface area contributed by atoms with Crippen LogP contribution >= 0.6 is 21.9 Å². The zero-order valence-electron chi connectivity index (χ0n) is 79.0. The summed E-state index contributed by atoms with van der Waals surface area (Å²) in [5, 5.41) is 17.8. The highest BCUT2D eigenvalue weighted by molar-refractivity contribution is 7.81. The molecular formula is C135H90N3O4P3. The second kappa shape index (κ2) is 34.0. The van der Waals surface area contributed by atoms with E-state index in [2.05, 4.69) is 391 Å². The van der Waals surface area contributed by atoms with Crippen LogP contribution in [-0.2, 0) is 13.7 Å². The average molecular weight is 1910 g/mol. The summed E-state index contributed by atoms with van der Waals surface area (Å²) in [5.41, 5.74) is 29.3. The van der Waals surface area contributed by atoms with Gasteiger partial charge < -0.3 is 4.42 Å². The zero-order chi connectivity index (χ0) is 96.3. The van der Waals surface area contributed by atoms with E-state index < -0.39 is 21.9 Å². The van der Waals surface area contributed by atoms with Crippen molar-refractivity contribution in [3.05, 3.63) is 531 Å². The van der Waals surface area contributed by atoms with Crippen molar-refractivity contribution >= 4 is 164 Å². The highest BCUT2D eigenvalue weighted by Crippen LogP contribution is 2.66. The van der Waals surface area contributed by atoms with Gasteiger partial charge in [-0.3, -0.25) is 27.7 Å². The molecule has 1 aliphatic carbocycles. The van der Waals surface area contributed by atoms with Crippen LogP contribution in [0.1, 0.15) is 24.0 Å². The number of furan rings is 1. The highest BCUT2D eigenvalue weighted by Gasteiger charge is 2.47. The van der Waals surface area contributed by atoms with Crippen molar-refractivity contribution in [3.8, 4) is 100 Å². The normalized spacial score (nSPS) is 17.0. The van der Waals surface area contributed by atoms with Gasteiger partial charge in [-0.1, -0.05) is 371 Å². The minimum atomic E-state index is -3.80. The SMILES string of the molecule is CC1C(c2ccc3c(c2)-c2ccccc2P(=O)(c2ccccc2)N3c2ccccc2)=c2c(oc3ccc(-c4ccc(-c5ccc(-c6ccccc6)cc5)cc4)cc23)=CC1c1ccc2c(c1)c1ccccc1c1ccc(N3c4ccc(-c5ccc6c(-c7ccc(N8c9ccccc9-c9ccccc9P8(=O)c8ccccc8)cc7)c7ccccc7c(-c7ccccc7)c6c5)cc4-c4ccccc4P3(=O)c3ccccc3)cc12. The lowest BCUT2D eigenvalue weighted by Gasteiger charge is -2.40.